The fourth-order valence-electron chi connectivity index (χ4n) is 3.69. The van der Waals surface area contributed by atoms with Crippen LogP contribution in [0, 0.1) is 5.92 Å². The van der Waals surface area contributed by atoms with Gasteiger partial charge in [-0.15, -0.1) is 10.2 Å². The average Bonchev–Trinajstić information content (AvgIpc) is 3.21. The molecule has 0 saturated carbocycles. The van der Waals surface area contributed by atoms with Crippen LogP contribution >= 0.6 is 11.8 Å². The third-order valence-electron chi connectivity index (χ3n) is 5.19. The highest BCUT2D eigenvalue weighted by Crippen LogP contribution is 2.32. The number of piperidine rings is 1. The molecule has 2 aromatic heterocycles. The molecule has 1 atom stereocenters. The molecular formula is C22H25N5O2S. The molecule has 156 valence electrons. The van der Waals surface area contributed by atoms with Gasteiger partial charge in [-0.1, -0.05) is 36.9 Å². The summed E-state index contributed by atoms with van der Waals surface area (Å²) >= 11 is 1.39. The Balaban J connectivity index is 1.65. The molecule has 1 saturated heterocycles. The number of nitrogens with zero attached hydrogens (tertiary/aromatic N) is 5. The number of ether oxygens (including phenoxy) is 1. The lowest BCUT2D eigenvalue weighted by atomic mass is 10.0. The van der Waals surface area contributed by atoms with Crippen molar-refractivity contribution in [1.29, 1.82) is 0 Å². The van der Waals surface area contributed by atoms with E-state index in [1.165, 1.54) is 18.2 Å². The molecule has 1 aliphatic rings. The highest BCUT2D eigenvalue weighted by atomic mass is 32.2. The van der Waals surface area contributed by atoms with E-state index in [9.17, 15) is 4.79 Å². The maximum atomic E-state index is 12.8. The second kappa shape index (κ2) is 9.30. The number of thioether (sulfide) groups is 1. The lowest BCUT2D eigenvalue weighted by Gasteiger charge is -2.30. The van der Waals surface area contributed by atoms with E-state index in [2.05, 4.69) is 22.1 Å². The van der Waals surface area contributed by atoms with Gasteiger partial charge in [-0.25, -0.2) is 0 Å². The minimum Gasteiger partial charge on any atom is -0.495 e. The van der Waals surface area contributed by atoms with Crippen molar-refractivity contribution in [3.05, 3.63) is 48.7 Å². The first-order chi connectivity index (χ1) is 14.7. The van der Waals surface area contributed by atoms with Crippen molar-refractivity contribution >= 4 is 17.7 Å². The predicted molar refractivity (Wildman–Crippen MR) is 117 cm³/mol. The number of likely N-dealkylation sites (tertiary alicyclic amines) is 1. The Morgan fingerprint density at radius 3 is 2.80 bits per heavy atom. The van der Waals surface area contributed by atoms with E-state index in [0.717, 1.165) is 25.2 Å². The minimum atomic E-state index is 0.139. The van der Waals surface area contributed by atoms with Crippen molar-refractivity contribution in [1.82, 2.24) is 24.6 Å². The van der Waals surface area contributed by atoms with Crippen LogP contribution in [0.15, 0.2) is 53.8 Å². The summed E-state index contributed by atoms with van der Waals surface area (Å²) in [6, 6.07) is 13.4. The van der Waals surface area contributed by atoms with Crippen LogP contribution in [0.3, 0.4) is 0 Å². The van der Waals surface area contributed by atoms with Gasteiger partial charge in [0, 0.05) is 19.3 Å². The number of pyridine rings is 1. The van der Waals surface area contributed by atoms with Gasteiger partial charge in [-0.2, -0.15) is 0 Å². The number of aromatic nitrogens is 4. The van der Waals surface area contributed by atoms with Crippen LogP contribution in [0.2, 0.25) is 0 Å². The lowest BCUT2D eigenvalue weighted by molar-refractivity contribution is -0.130. The van der Waals surface area contributed by atoms with Gasteiger partial charge in [0.1, 0.15) is 11.4 Å². The number of benzene rings is 1. The molecule has 0 N–H and O–H groups in total. The lowest BCUT2D eigenvalue weighted by Crippen LogP contribution is -2.40. The van der Waals surface area contributed by atoms with E-state index in [4.69, 9.17) is 4.74 Å². The van der Waals surface area contributed by atoms with Gasteiger partial charge < -0.3 is 9.64 Å². The maximum Gasteiger partial charge on any atom is 0.233 e. The molecule has 0 radical (unpaired) electrons. The summed E-state index contributed by atoms with van der Waals surface area (Å²) in [4.78, 5) is 19.2. The van der Waals surface area contributed by atoms with E-state index in [1.54, 1.807) is 13.3 Å². The first-order valence-electron chi connectivity index (χ1n) is 10.1. The van der Waals surface area contributed by atoms with Crippen molar-refractivity contribution < 1.29 is 9.53 Å². The summed E-state index contributed by atoms with van der Waals surface area (Å²) in [7, 11) is 1.64. The number of amides is 1. The van der Waals surface area contributed by atoms with E-state index in [-0.39, 0.29) is 5.91 Å². The van der Waals surface area contributed by atoms with Gasteiger partial charge in [0.15, 0.2) is 11.0 Å². The summed E-state index contributed by atoms with van der Waals surface area (Å²) in [6.45, 7) is 3.87. The fourth-order valence-corrected chi connectivity index (χ4v) is 4.54. The van der Waals surface area contributed by atoms with Gasteiger partial charge in [0.2, 0.25) is 5.91 Å². The Morgan fingerprint density at radius 2 is 2.03 bits per heavy atom. The number of rotatable bonds is 6. The van der Waals surface area contributed by atoms with Gasteiger partial charge in [0.25, 0.3) is 0 Å². The van der Waals surface area contributed by atoms with Crippen molar-refractivity contribution in [3.8, 4) is 23.0 Å². The number of carbonyl (C=O) groups excluding carboxylic acids is 1. The standard InChI is InChI=1S/C22H25N5O2S/c1-16-8-7-13-26(14-16)20(28)15-30-22-25-24-21(17-9-5-6-12-23-17)27(22)18-10-3-4-11-19(18)29-2/h3-6,9-12,16H,7-8,13-15H2,1-2H3/t16-/m1/s1. The normalized spacial score (nSPS) is 16.5. The second-order valence-corrected chi connectivity index (χ2v) is 8.35. The van der Waals surface area contributed by atoms with Crippen LogP contribution in [-0.4, -0.2) is 56.5 Å². The molecule has 1 aliphatic heterocycles. The van der Waals surface area contributed by atoms with Crippen molar-refractivity contribution in [2.45, 2.75) is 24.9 Å². The van der Waals surface area contributed by atoms with Crippen LogP contribution in [-0.2, 0) is 4.79 Å². The van der Waals surface area contributed by atoms with Gasteiger partial charge in [-0.3, -0.25) is 14.3 Å². The monoisotopic (exact) mass is 423 g/mol. The zero-order valence-electron chi connectivity index (χ0n) is 17.2. The molecule has 1 fully saturated rings. The van der Waals surface area contributed by atoms with Crippen LogP contribution in [0.4, 0.5) is 0 Å². The summed E-state index contributed by atoms with van der Waals surface area (Å²) in [5.74, 6) is 2.33. The minimum absolute atomic E-state index is 0.139. The molecule has 4 rings (SSSR count). The third-order valence-corrected chi connectivity index (χ3v) is 6.10. The van der Waals surface area contributed by atoms with E-state index in [0.29, 0.717) is 34.1 Å². The molecule has 0 aliphatic carbocycles. The molecule has 3 aromatic rings. The SMILES string of the molecule is COc1ccccc1-n1c(SCC(=O)N2CCC[C@@H](C)C2)nnc1-c1ccccn1. The predicted octanol–water partition coefficient (Wildman–Crippen LogP) is 3.69. The quantitative estimate of drug-likeness (QED) is 0.563. The Kier molecular flexibility index (Phi) is 6.32. The van der Waals surface area contributed by atoms with Crippen LogP contribution in [0.1, 0.15) is 19.8 Å². The van der Waals surface area contributed by atoms with Crippen LogP contribution < -0.4 is 4.74 Å². The summed E-state index contributed by atoms with van der Waals surface area (Å²) in [6.07, 6.45) is 3.98. The van der Waals surface area contributed by atoms with Gasteiger partial charge in [0.05, 0.1) is 18.6 Å². The Morgan fingerprint density at radius 1 is 1.20 bits per heavy atom. The molecule has 30 heavy (non-hydrogen) atoms. The molecule has 7 nitrogen and oxygen atoms in total. The summed E-state index contributed by atoms with van der Waals surface area (Å²) in [5, 5.41) is 9.41. The number of hydrogen-bond acceptors (Lipinski definition) is 6. The van der Waals surface area contributed by atoms with Crippen LogP contribution in [0.5, 0.6) is 5.75 Å². The largest absolute Gasteiger partial charge is 0.495 e. The zero-order chi connectivity index (χ0) is 20.9. The van der Waals surface area contributed by atoms with Crippen molar-refractivity contribution in [2.75, 3.05) is 26.0 Å². The number of para-hydroxylation sites is 2. The molecule has 3 heterocycles. The van der Waals surface area contributed by atoms with E-state index >= 15 is 0 Å². The van der Waals surface area contributed by atoms with E-state index < -0.39 is 0 Å². The number of hydrogen-bond donors (Lipinski definition) is 0. The van der Waals surface area contributed by atoms with Gasteiger partial charge >= 0.3 is 0 Å². The molecular weight excluding hydrogens is 398 g/mol. The molecule has 0 spiro atoms. The maximum absolute atomic E-state index is 12.8. The van der Waals surface area contributed by atoms with E-state index in [1.807, 2.05) is 51.9 Å². The van der Waals surface area contributed by atoms with Gasteiger partial charge in [-0.05, 0) is 43.0 Å². The van der Waals surface area contributed by atoms with Crippen molar-refractivity contribution in [3.63, 3.8) is 0 Å². The molecule has 0 unspecified atom stereocenters. The smallest absolute Gasteiger partial charge is 0.233 e. The first-order valence-corrected chi connectivity index (χ1v) is 11.1. The topological polar surface area (TPSA) is 73.1 Å². The zero-order valence-corrected chi connectivity index (χ0v) is 18.0. The number of methoxy groups -OCH3 is 1. The Bertz CT molecular complexity index is 1010. The molecule has 8 heteroatoms. The Hall–Kier alpha value is -2.87. The third kappa shape index (κ3) is 4.33. The van der Waals surface area contributed by atoms with Crippen LogP contribution in [0.25, 0.3) is 17.2 Å². The number of carbonyl (C=O) groups is 1. The average molecular weight is 424 g/mol. The molecule has 1 aromatic carbocycles. The molecule has 0 bridgehead atoms. The first kappa shape index (κ1) is 20.4. The Labute approximate surface area is 180 Å². The summed E-state index contributed by atoms with van der Waals surface area (Å²) < 4.78 is 7.48. The highest BCUT2D eigenvalue weighted by Gasteiger charge is 2.24. The molecule has 1 amide bonds. The summed E-state index contributed by atoms with van der Waals surface area (Å²) in [5.41, 5.74) is 1.52. The second-order valence-electron chi connectivity index (χ2n) is 7.40. The van der Waals surface area contributed by atoms with Crippen molar-refractivity contribution in [2.24, 2.45) is 5.92 Å². The fraction of sp³-hybridized carbons (Fsp3) is 0.364. The highest BCUT2D eigenvalue weighted by molar-refractivity contribution is 7.99.